The number of carbonyl (C=O) groups is 2. The van der Waals surface area contributed by atoms with Crippen molar-refractivity contribution in [2.24, 2.45) is 5.92 Å². The number of fused-ring (bicyclic) bond motifs is 1. The maximum atomic E-state index is 12.7. The van der Waals surface area contributed by atoms with Crippen LogP contribution >= 0.6 is 0 Å². The lowest BCUT2D eigenvalue weighted by Crippen LogP contribution is -2.49. The fraction of sp³-hybridized carbons (Fsp3) is 0.474. The number of likely N-dealkylation sites (tertiary alicyclic amines) is 1. The van der Waals surface area contributed by atoms with E-state index in [2.05, 4.69) is 6.07 Å². The molecule has 24 heavy (non-hydrogen) atoms. The quantitative estimate of drug-likeness (QED) is 0.938. The summed E-state index contributed by atoms with van der Waals surface area (Å²) in [5, 5.41) is 10.3. The fourth-order valence-corrected chi connectivity index (χ4v) is 3.56. The van der Waals surface area contributed by atoms with Crippen molar-refractivity contribution < 1.29 is 19.1 Å². The largest absolute Gasteiger partial charge is 0.481 e. The molecule has 0 bridgehead atoms. The van der Waals surface area contributed by atoms with E-state index < -0.39 is 11.9 Å². The molecule has 0 unspecified atom stereocenters. The van der Waals surface area contributed by atoms with Gasteiger partial charge < -0.3 is 14.4 Å². The van der Waals surface area contributed by atoms with Crippen molar-refractivity contribution in [3.05, 3.63) is 35.1 Å². The summed E-state index contributed by atoms with van der Waals surface area (Å²) in [5.41, 5.74) is 3.97. The van der Waals surface area contributed by atoms with Crippen LogP contribution in [0.1, 0.15) is 36.5 Å². The van der Waals surface area contributed by atoms with Crippen LogP contribution in [0.3, 0.4) is 0 Å². The molecule has 0 aliphatic carbocycles. The van der Waals surface area contributed by atoms with Crippen LogP contribution in [0.15, 0.2) is 22.8 Å². The smallest absolute Gasteiger partial charge is 0.308 e. The molecule has 2 heterocycles. The summed E-state index contributed by atoms with van der Waals surface area (Å²) in [4.78, 5) is 25.8. The second-order valence-corrected chi connectivity index (χ2v) is 6.79. The Balaban J connectivity index is 1.82. The second-order valence-electron chi connectivity index (χ2n) is 6.79. The van der Waals surface area contributed by atoms with Gasteiger partial charge >= 0.3 is 5.97 Å². The Hall–Kier alpha value is -2.30. The van der Waals surface area contributed by atoms with Gasteiger partial charge in [0, 0.05) is 23.5 Å². The summed E-state index contributed by atoms with van der Waals surface area (Å²) in [7, 11) is 0. The normalized spacial score (nSPS) is 21.2. The van der Waals surface area contributed by atoms with E-state index in [4.69, 9.17) is 4.42 Å². The molecular weight excluding hydrogens is 306 g/mol. The average molecular weight is 329 g/mol. The number of carbonyl (C=O) groups excluding carboxylic acids is 1. The number of hydrogen-bond acceptors (Lipinski definition) is 3. The van der Waals surface area contributed by atoms with Crippen LogP contribution < -0.4 is 0 Å². The molecule has 0 saturated carbocycles. The lowest BCUT2D eigenvalue weighted by molar-refractivity contribution is -0.148. The molecular formula is C19H23NO4. The fourth-order valence-electron chi connectivity index (χ4n) is 3.56. The Morgan fingerprint density at radius 3 is 2.71 bits per heavy atom. The number of hydrogen-bond donors (Lipinski definition) is 1. The number of carboxylic acid groups (broad SMARTS) is 1. The van der Waals surface area contributed by atoms with Gasteiger partial charge in [-0.2, -0.15) is 0 Å². The van der Waals surface area contributed by atoms with Crippen LogP contribution in [-0.4, -0.2) is 34.5 Å². The van der Waals surface area contributed by atoms with Crippen molar-refractivity contribution in [2.45, 2.75) is 46.1 Å². The Bertz CT molecular complexity index is 792. The predicted molar refractivity (Wildman–Crippen MR) is 90.9 cm³/mol. The molecule has 1 aliphatic heterocycles. The topological polar surface area (TPSA) is 70.8 Å². The highest BCUT2D eigenvalue weighted by molar-refractivity contribution is 5.89. The SMILES string of the molecule is Cc1cc2occ(CC(=O)N3CCC[C@@H](C(=O)O)[C@H]3C)c2cc1C. The van der Waals surface area contributed by atoms with Crippen molar-refractivity contribution in [2.75, 3.05) is 6.54 Å². The number of amides is 1. The number of benzene rings is 1. The first kappa shape index (κ1) is 16.6. The number of aliphatic carboxylic acids is 1. The Morgan fingerprint density at radius 2 is 2.00 bits per heavy atom. The summed E-state index contributed by atoms with van der Waals surface area (Å²) in [5.74, 6) is -1.33. The number of piperidine rings is 1. The summed E-state index contributed by atoms with van der Waals surface area (Å²) < 4.78 is 5.59. The van der Waals surface area contributed by atoms with E-state index in [9.17, 15) is 14.7 Å². The van der Waals surface area contributed by atoms with E-state index in [1.54, 1.807) is 11.2 Å². The zero-order chi connectivity index (χ0) is 17.4. The molecule has 2 atom stereocenters. The predicted octanol–water partition coefficient (Wildman–Crippen LogP) is 3.30. The molecule has 1 saturated heterocycles. The van der Waals surface area contributed by atoms with E-state index in [1.807, 2.05) is 26.8 Å². The Kier molecular flexibility index (Phi) is 4.35. The monoisotopic (exact) mass is 329 g/mol. The Labute approximate surface area is 141 Å². The number of furan rings is 1. The first-order valence-corrected chi connectivity index (χ1v) is 8.38. The molecule has 0 spiro atoms. The minimum Gasteiger partial charge on any atom is -0.481 e. The molecule has 2 aromatic rings. The highest BCUT2D eigenvalue weighted by atomic mass is 16.4. The van der Waals surface area contributed by atoms with Crippen LogP contribution in [0, 0.1) is 19.8 Å². The number of aryl methyl sites for hydroxylation is 2. The zero-order valence-electron chi connectivity index (χ0n) is 14.3. The van der Waals surface area contributed by atoms with Gasteiger partial charge in [-0.15, -0.1) is 0 Å². The van der Waals surface area contributed by atoms with E-state index in [0.29, 0.717) is 13.0 Å². The summed E-state index contributed by atoms with van der Waals surface area (Å²) in [6.07, 6.45) is 3.25. The lowest BCUT2D eigenvalue weighted by Gasteiger charge is -2.37. The average Bonchev–Trinajstić information content (AvgIpc) is 2.89. The van der Waals surface area contributed by atoms with Crippen LogP contribution in [0.25, 0.3) is 11.0 Å². The van der Waals surface area contributed by atoms with Crippen LogP contribution in [0.4, 0.5) is 0 Å². The van der Waals surface area contributed by atoms with Gasteiger partial charge in [-0.25, -0.2) is 0 Å². The molecule has 5 nitrogen and oxygen atoms in total. The lowest BCUT2D eigenvalue weighted by atomic mass is 9.90. The van der Waals surface area contributed by atoms with Gasteiger partial charge in [0.25, 0.3) is 0 Å². The standard InChI is InChI=1S/C19H23NO4/c1-11-7-16-14(10-24-17(16)8-12(11)2)9-18(21)20-6-4-5-15(13(20)3)19(22)23/h7-8,10,13,15H,4-6,9H2,1-3H3,(H,22,23)/t13-,15-/m1/s1. The summed E-state index contributed by atoms with van der Waals surface area (Å²) in [6, 6.07) is 3.77. The molecule has 0 radical (unpaired) electrons. The zero-order valence-corrected chi connectivity index (χ0v) is 14.3. The molecule has 1 amide bonds. The first-order valence-electron chi connectivity index (χ1n) is 8.38. The van der Waals surface area contributed by atoms with Crippen LogP contribution in [-0.2, 0) is 16.0 Å². The molecule has 128 valence electrons. The van der Waals surface area contributed by atoms with Gasteiger partial charge in [-0.05, 0) is 56.9 Å². The van der Waals surface area contributed by atoms with Gasteiger partial charge in [0.15, 0.2) is 0 Å². The van der Waals surface area contributed by atoms with Crippen molar-refractivity contribution >= 4 is 22.8 Å². The molecule has 1 aliphatic rings. The summed E-state index contributed by atoms with van der Waals surface area (Å²) >= 11 is 0. The Morgan fingerprint density at radius 1 is 1.29 bits per heavy atom. The molecule has 1 aromatic carbocycles. The number of nitrogens with zero attached hydrogens (tertiary/aromatic N) is 1. The van der Waals surface area contributed by atoms with Gasteiger partial charge in [-0.1, -0.05) is 0 Å². The number of carboxylic acids is 1. The molecule has 1 aromatic heterocycles. The van der Waals surface area contributed by atoms with Crippen molar-refractivity contribution in [1.29, 1.82) is 0 Å². The van der Waals surface area contributed by atoms with E-state index in [-0.39, 0.29) is 18.4 Å². The number of rotatable bonds is 3. The van der Waals surface area contributed by atoms with E-state index in [1.165, 1.54) is 0 Å². The highest BCUT2D eigenvalue weighted by Crippen LogP contribution is 2.28. The summed E-state index contributed by atoms with van der Waals surface area (Å²) in [6.45, 7) is 6.52. The second kappa shape index (κ2) is 6.30. The van der Waals surface area contributed by atoms with Crippen LogP contribution in [0.5, 0.6) is 0 Å². The molecule has 3 rings (SSSR count). The third kappa shape index (κ3) is 2.90. The minimum absolute atomic E-state index is 0.0330. The van der Waals surface area contributed by atoms with E-state index in [0.717, 1.165) is 34.1 Å². The minimum atomic E-state index is -0.820. The molecule has 5 heteroatoms. The highest BCUT2D eigenvalue weighted by Gasteiger charge is 2.35. The maximum Gasteiger partial charge on any atom is 0.308 e. The van der Waals surface area contributed by atoms with Gasteiger partial charge in [0.05, 0.1) is 18.6 Å². The van der Waals surface area contributed by atoms with Gasteiger partial charge in [-0.3, -0.25) is 9.59 Å². The van der Waals surface area contributed by atoms with Crippen molar-refractivity contribution in [3.63, 3.8) is 0 Å². The molecule has 1 N–H and O–H groups in total. The van der Waals surface area contributed by atoms with Gasteiger partial charge in [0.2, 0.25) is 5.91 Å². The van der Waals surface area contributed by atoms with Crippen molar-refractivity contribution in [3.8, 4) is 0 Å². The van der Waals surface area contributed by atoms with Gasteiger partial charge in [0.1, 0.15) is 5.58 Å². The third-order valence-electron chi connectivity index (χ3n) is 5.24. The third-order valence-corrected chi connectivity index (χ3v) is 5.24. The van der Waals surface area contributed by atoms with E-state index >= 15 is 0 Å². The maximum absolute atomic E-state index is 12.7. The first-order chi connectivity index (χ1) is 11.4. The van der Waals surface area contributed by atoms with Crippen LogP contribution in [0.2, 0.25) is 0 Å². The van der Waals surface area contributed by atoms with Crippen molar-refractivity contribution in [1.82, 2.24) is 4.90 Å². The molecule has 1 fully saturated rings.